The highest BCUT2D eigenvalue weighted by molar-refractivity contribution is 7.85. The quantitative estimate of drug-likeness (QED) is 0.741. The largest absolute Gasteiger partial charge is 0.433 e. The molecule has 0 radical (unpaired) electrons. The van der Waals surface area contributed by atoms with Gasteiger partial charge in [0.1, 0.15) is 12.2 Å². The summed E-state index contributed by atoms with van der Waals surface area (Å²) in [5.41, 5.74) is 0.226. The number of nitrogens with zero attached hydrogens (tertiary/aromatic N) is 2. The Balaban J connectivity index is 2.25. The van der Waals surface area contributed by atoms with Gasteiger partial charge < -0.3 is 9.64 Å². The second-order valence-electron chi connectivity index (χ2n) is 5.07. The second-order valence-corrected chi connectivity index (χ2v) is 7.12. The Morgan fingerprint density at radius 2 is 2.17 bits per heavy atom. The average Bonchev–Trinajstić information content (AvgIpc) is 2.88. The van der Waals surface area contributed by atoms with E-state index in [1.165, 1.54) is 18.2 Å². The molecule has 1 heterocycles. The summed E-state index contributed by atoms with van der Waals surface area (Å²) in [6.07, 6.45) is -7.28. The lowest BCUT2D eigenvalue weighted by molar-refractivity contribution is -0.215. The molecule has 0 unspecified atom stereocenters. The van der Waals surface area contributed by atoms with Crippen LogP contribution in [-0.4, -0.2) is 46.3 Å². The molecular formula is C13H12ClF3N2O4S. The highest BCUT2D eigenvalue weighted by Crippen LogP contribution is 2.36. The first-order chi connectivity index (χ1) is 11.0. The normalized spacial score (nSPS) is 21.8. The van der Waals surface area contributed by atoms with Gasteiger partial charge >= 0.3 is 6.18 Å². The molecule has 0 aliphatic carbocycles. The summed E-state index contributed by atoms with van der Waals surface area (Å²) in [6.45, 7) is -0.784. The zero-order valence-corrected chi connectivity index (χ0v) is 13.8. The van der Waals surface area contributed by atoms with Gasteiger partial charge in [0.2, 0.25) is 6.23 Å². The predicted octanol–water partition coefficient (Wildman–Crippen LogP) is 2.28. The van der Waals surface area contributed by atoms with Crippen molar-refractivity contribution >= 4 is 27.4 Å². The van der Waals surface area contributed by atoms with Gasteiger partial charge in [0.05, 0.1) is 23.4 Å². The zero-order valence-electron chi connectivity index (χ0n) is 12.2. The Morgan fingerprint density at radius 3 is 2.67 bits per heavy atom. The van der Waals surface area contributed by atoms with E-state index in [0.717, 1.165) is 11.2 Å². The molecule has 1 aliphatic heterocycles. The summed E-state index contributed by atoms with van der Waals surface area (Å²) in [7, 11) is -3.80. The highest BCUT2D eigenvalue weighted by Gasteiger charge is 2.51. The summed E-state index contributed by atoms with van der Waals surface area (Å²) in [6, 6.07) is 5.64. The maximum Gasteiger partial charge on any atom is 0.433 e. The first-order valence-electron chi connectivity index (χ1n) is 6.54. The summed E-state index contributed by atoms with van der Waals surface area (Å²) < 4.78 is 70.9. The third kappa shape index (κ3) is 4.51. The molecule has 0 saturated carbocycles. The molecule has 1 aromatic rings. The van der Waals surface area contributed by atoms with Crippen molar-refractivity contribution in [1.29, 1.82) is 5.26 Å². The van der Waals surface area contributed by atoms with E-state index in [1.807, 2.05) is 6.07 Å². The molecule has 0 amide bonds. The predicted molar refractivity (Wildman–Crippen MR) is 79.0 cm³/mol. The molecule has 6 nitrogen and oxygen atoms in total. The van der Waals surface area contributed by atoms with Gasteiger partial charge in [0, 0.05) is 12.2 Å². The minimum Gasteiger partial charge on any atom is -0.342 e. The number of hydrogen-bond donors (Lipinski definition) is 0. The van der Waals surface area contributed by atoms with Crippen molar-refractivity contribution in [3.05, 3.63) is 28.8 Å². The monoisotopic (exact) mass is 384 g/mol. The third-order valence-electron chi connectivity index (χ3n) is 3.16. The Bertz CT molecular complexity index is 763. The van der Waals surface area contributed by atoms with E-state index in [1.54, 1.807) is 0 Å². The van der Waals surface area contributed by atoms with Gasteiger partial charge in [0.25, 0.3) is 10.1 Å². The molecule has 0 bridgehead atoms. The molecule has 1 aliphatic rings. The Hall–Kier alpha value is -1.54. The summed E-state index contributed by atoms with van der Waals surface area (Å²) in [5, 5.41) is 8.82. The van der Waals surface area contributed by atoms with Crippen LogP contribution in [-0.2, 0) is 19.0 Å². The second kappa shape index (κ2) is 6.76. The Labute approximate surface area is 141 Å². The Morgan fingerprint density at radius 1 is 1.50 bits per heavy atom. The van der Waals surface area contributed by atoms with Crippen LogP contribution in [0.25, 0.3) is 0 Å². The summed E-state index contributed by atoms with van der Waals surface area (Å²) in [4.78, 5) is 0.892. The van der Waals surface area contributed by atoms with Crippen molar-refractivity contribution in [1.82, 2.24) is 0 Å². The van der Waals surface area contributed by atoms with E-state index in [2.05, 4.69) is 4.18 Å². The van der Waals surface area contributed by atoms with Crippen LogP contribution in [0.4, 0.5) is 18.9 Å². The molecule has 2 atom stereocenters. The molecule has 1 aromatic carbocycles. The maximum atomic E-state index is 13.2. The molecule has 2 rings (SSSR count). The number of alkyl halides is 3. The molecule has 0 spiro atoms. The van der Waals surface area contributed by atoms with Gasteiger partial charge in [-0.3, -0.25) is 4.18 Å². The fourth-order valence-electron chi connectivity index (χ4n) is 2.17. The van der Waals surface area contributed by atoms with Crippen LogP contribution in [0.3, 0.4) is 0 Å². The lowest BCUT2D eigenvalue weighted by Crippen LogP contribution is -2.42. The van der Waals surface area contributed by atoms with Crippen molar-refractivity contribution in [2.24, 2.45) is 0 Å². The van der Waals surface area contributed by atoms with Crippen LogP contribution in [0.1, 0.15) is 5.56 Å². The smallest absolute Gasteiger partial charge is 0.342 e. The van der Waals surface area contributed by atoms with Crippen LogP contribution in [0.2, 0.25) is 5.02 Å². The number of rotatable bonds is 4. The molecule has 1 fully saturated rings. The molecule has 0 N–H and O–H groups in total. The van der Waals surface area contributed by atoms with E-state index in [9.17, 15) is 21.6 Å². The average molecular weight is 385 g/mol. The molecular weight excluding hydrogens is 373 g/mol. The molecule has 132 valence electrons. The molecule has 0 aromatic heterocycles. The van der Waals surface area contributed by atoms with Crippen molar-refractivity contribution in [3.63, 3.8) is 0 Å². The number of benzene rings is 1. The number of hydrogen-bond acceptors (Lipinski definition) is 6. The fraction of sp³-hybridized carbons (Fsp3) is 0.462. The van der Waals surface area contributed by atoms with Crippen LogP contribution in [0, 0.1) is 11.3 Å². The molecule has 1 saturated heterocycles. The van der Waals surface area contributed by atoms with Crippen molar-refractivity contribution in [2.45, 2.75) is 18.5 Å². The van der Waals surface area contributed by atoms with Crippen molar-refractivity contribution in [3.8, 4) is 6.07 Å². The van der Waals surface area contributed by atoms with Crippen LogP contribution in [0.5, 0.6) is 0 Å². The molecule has 24 heavy (non-hydrogen) atoms. The van der Waals surface area contributed by atoms with E-state index in [0.29, 0.717) is 0 Å². The minimum atomic E-state index is -4.71. The van der Waals surface area contributed by atoms with Crippen LogP contribution < -0.4 is 4.90 Å². The first-order valence-corrected chi connectivity index (χ1v) is 8.73. The minimum absolute atomic E-state index is 0.00626. The number of halogens is 4. The fourth-order valence-corrected chi connectivity index (χ4v) is 2.79. The van der Waals surface area contributed by atoms with E-state index in [-0.39, 0.29) is 22.8 Å². The van der Waals surface area contributed by atoms with Crippen LogP contribution >= 0.6 is 11.6 Å². The van der Waals surface area contributed by atoms with Gasteiger partial charge in [-0.15, -0.1) is 0 Å². The van der Waals surface area contributed by atoms with Gasteiger partial charge in [-0.25, -0.2) is 0 Å². The zero-order chi connectivity index (χ0) is 18.1. The summed E-state index contributed by atoms with van der Waals surface area (Å²) in [5.74, 6) is 0. The number of nitriles is 1. The van der Waals surface area contributed by atoms with Gasteiger partial charge in [0.15, 0.2) is 0 Å². The highest BCUT2D eigenvalue weighted by atomic mass is 35.5. The van der Waals surface area contributed by atoms with Crippen molar-refractivity contribution in [2.75, 3.05) is 24.3 Å². The Kier molecular flexibility index (Phi) is 5.29. The third-order valence-corrected chi connectivity index (χ3v) is 4.03. The number of anilines is 1. The number of ether oxygens (including phenoxy) is 1. The lowest BCUT2D eigenvalue weighted by atomic mass is 10.2. The van der Waals surface area contributed by atoms with Crippen molar-refractivity contribution < 1.29 is 30.5 Å². The SMILES string of the molecule is CS(=O)(=O)OC[C@@H]1CN(c2ccc(C#N)c(Cl)c2)[C@H](C(F)(F)F)O1. The first kappa shape index (κ1) is 18.8. The summed E-state index contributed by atoms with van der Waals surface area (Å²) >= 11 is 5.85. The van der Waals surface area contributed by atoms with E-state index >= 15 is 0 Å². The molecule has 11 heteroatoms. The van der Waals surface area contributed by atoms with E-state index in [4.69, 9.17) is 21.6 Å². The maximum absolute atomic E-state index is 13.2. The van der Waals surface area contributed by atoms with Gasteiger partial charge in [-0.2, -0.15) is 26.9 Å². The van der Waals surface area contributed by atoms with Gasteiger partial charge in [-0.1, -0.05) is 11.6 Å². The van der Waals surface area contributed by atoms with Gasteiger partial charge in [-0.05, 0) is 18.2 Å². The lowest BCUT2D eigenvalue weighted by Gasteiger charge is -2.26. The topological polar surface area (TPSA) is 79.6 Å². The van der Waals surface area contributed by atoms with E-state index < -0.39 is 35.2 Å². The standard InChI is InChI=1S/C13H12ClF3N2O4S/c1-24(20,21)22-7-10-6-19(12(23-10)13(15,16)17)9-3-2-8(5-18)11(14)4-9/h2-4,10,12H,6-7H2,1H3/t10-,12-/m0/s1. The van der Waals surface area contributed by atoms with Crippen LogP contribution in [0.15, 0.2) is 18.2 Å².